The number of aryl methyl sites for hydroxylation is 1. The molecule has 2 aromatic heterocycles. The smallest absolute Gasteiger partial charge is 0.336 e. The molecule has 0 spiro atoms. The van der Waals surface area contributed by atoms with E-state index in [0.29, 0.717) is 29.6 Å². The second-order valence-corrected chi connectivity index (χ2v) is 5.42. The standard InChI is InChI=1S/C17H16FN3O3/c18-12-2-3-16-14(9-12)15(20-21(16)6-1-7-22)8-11-10-19-5-4-13(11)17(23)24/h2-5,9-10,22H,1,6-8H2,(H,23,24). The van der Waals surface area contributed by atoms with E-state index in [4.69, 9.17) is 5.11 Å². The molecule has 0 amide bonds. The van der Waals surface area contributed by atoms with Crippen molar-refractivity contribution < 1.29 is 19.4 Å². The summed E-state index contributed by atoms with van der Waals surface area (Å²) in [7, 11) is 0. The number of fused-ring (bicyclic) bond motifs is 1. The summed E-state index contributed by atoms with van der Waals surface area (Å²) in [6, 6.07) is 5.82. The number of benzene rings is 1. The second kappa shape index (κ2) is 6.76. The Morgan fingerprint density at radius 3 is 2.88 bits per heavy atom. The SMILES string of the molecule is O=C(O)c1ccncc1Cc1nn(CCCO)c2ccc(F)cc12. The number of carboxylic acids is 1. The van der Waals surface area contributed by atoms with Gasteiger partial charge in [-0.05, 0) is 36.2 Å². The van der Waals surface area contributed by atoms with Gasteiger partial charge in [-0.3, -0.25) is 9.67 Å². The zero-order valence-corrected chi connectivity index (χ0v) is 12.8. The Balaban J connectivity index is 2.06. The molecule has 24 heavy (non-hydrogen) atoms. The van der Waals surface area contributed by atoms with Crippen molar-refractivity contribution in [3.05, 3.63) is 59.3 Å². The van der Waals surface area contributed by atoms with Gasteiger partial charge in [0.25, 0.3) is 0 Å². The number of aromatic nitrogens is 3. The minimum atomic E-state index is -1.04. The molecular formula is C17H16FN3O3. The molecule has 7 heteroatoms. The zero-order chi connectivity index (χ0) is 17.1. The molecule has 3 rings (SSSR count). The van der Waals surface area contributed by atoms with E-state index in [-0.39, 0.29) is 24.4 Å². The summed E-state index contributed by atoms with van der Waals surface area (Å²) >= 11 is 0. The Morgan fingerprint density at radius 2 is 2.12 bits per heavy atom. The molecule has 0 atom stereocenters. The van der Waals surface area contributed by atoms with Crippen LogP contribution in [0.25, 0.3) is 10.9 Å². The highest BCUT2D eigenvalue weighted by Gasteiger charge is 2.16. The van der Waals surface area contributed by atoms with E-state index >= 15 is 0 Å². The molecule has 0 bridgehead atoms. The van der Waals surface area contributed by atoms with Crippen LogP contribution in [0.1, 0.15) is 28.0 Å². The van der Waals surface area contributed by atoms with Crippen LogP contribution in [0.5, 0.6) is 0 Å². The molecule has 0 saturated carbocycles. The lowest BCUT2D eigenvalue weighted by molar-refractivity contribution is 0.0695. The summed E-state index contributed by atoms with van der Waals surface area (Å²) in [6.45, 7) is 0.529. The lowest BCUT2D eigenvalue weighted by Gasteiger charge is -2.03. The van der Waals surface area contributed by atoms with Crippen molar-refractivity contribution in [2.75, 3.05) is 6.61 Å². The Kier molecular flexibility index (Phi) is 4.52. The second-order valence-electron chi connectivity index (χ2n) is 5.42. The van der Waals surface area contributed by atoms with Crippen LogP contribution in [0.2, 0.25) is 0 Å². The van der Waals surface area contributed by atoms with Crippen molar-refractivity contribution >= 4 is 16.9 Å². The fraction of sp³-hybridized carbons (Fsp3) is 0.235. The molecule has 1 aromatic carbocycles. The minimum Gasteiger partial charge on any atom is -0.478 e. The third kappa shape index (κ3) is 3.11. The minimum absolute atomic E-state index is 0.0314. The van der Waals surface area contributed by atoms with E-state index in [1.165, 1.54) is 30.6 Å². The maximum Gasteiger partial charge on any atom is 0.336 e. The van der Waals surface area contributed by atoms with E-state index < -0.39 is 5.97 Å². The van der Waals surface area contributed by atoms with Crippen LogP contribution >= 0.6 is 0 Å². The largest absolute Gasteiger partial charge is 0.478 e. The molecular weight excluding hydrogens is 313 g/mol. The normalized spacial score (nSPS) is 11.1. The Morgan fingerprint density at radius 1 is 1.29 bits per heavy atom. The summed E-state index contributed by atoms with van der Waals surface area (Å²) in [5.74, 6) is -1.42. The number of pyridine rings is 1. The average molecular weight is 329 g/mol. The number of aliphatic hydroxyl groups excluding tert-OH is 1. The van der Waals surface area contributed by atoms with Gasteiger partial charge in [-0.2, -0.15) is 5.10 Å². The van der Waals surface area contributed by atoms with E-state index in [1.54, 1.807) is 10.7 Å². The maximum atomic E-state index is 13.6. The highest BCUT2D eigenvalue weighted by atomic mass is 19.1. The summed E-state index contributed by atoms with van der Waals surface area (Å²) in [5, 5.41) is 23.4. The molecule has 124 valence electrons. The molecule has 0 aliphatic carbocycles. The fourth-order valence-electron chi connectivity index (χ4n) is 2.70. The topological polar surface area (TPSA) is 88.2 Å². The van der Waals surface area contributed by atoms with Crippen molar-refractivity contribution in [2.45, 2.75) is 19.4 Å². The highest BCUT2D eigenvalue weighted by Crippen LogP contribution is 2.23. The van der Waals surface area contributed by atoms with E-state index in [2.05, 4.69) is 10.1 Å². The Labute approximate surface area is 137 Å². The molecule has 0 aliphatic heterocycles. The first kappa shape index (κ1) is 16.1. The van der Waals surface area contributed by atoms with Crippen LogP contribution in [-0.4, -0.2) is 37.6 Å². The first-order chi connectivity index (χ1) is 11.6. The van der Waals surface area contributed by atoms with Crippen LogP contribution in [0, 0.1) is 5.82 Å². The van der Waals surface area contributed by atoms with E-state index in [9.17, 15) is 14.3 Å². The van der Waals surface area contributed by atoms with Crippen LogP contribution in [0.4, 0.5) is 4.39 Å². The number of nitrogens with zero attached hydrogens (tertiary/aromatic N) is 3. The molecule has 0 radical (unpaired) electrons. The molecule has 0 saturated heterocycles. The molecule has 0 aliphatic rings. The van der Waals surface area contributed by atoms with Gasteiger partial charge < -0.3 is 10.2 Å². The summed E-state index contributed by atoms with van der Waals surface area (Å²) < 4.78 is 15.3. The summed E-state index contributed by atoms with van der Waals surface area (Å²) in [6.07, 6.45) is 3.67. The van der Waals surface area contributed by atoms with Gasteiger partial charge in [0.05, 0.1) is 16.8 Å². The van der Waals surface area contributed by atoms with Crippen molar-refractivity contribution in [3.63, 3.8) is 0 Å². The van der Waals surface area contributed by atoms with Gasteiger partial charge in [-0.1, -0.05) is 0 Å². The van der Waals surface area contributed by atoms with Crippen LogP contribution < -0.4 is 0 Å². The predicted molar refractivity (Wildman–Crippen MR) is 85.4 cm³/mol. The van der Waals surface area contributed by atoms with Gasteiger partial charge in [-0.25, -0.2) is 9.18 Å². The van der Waals surface area contributed by atoms with Gasteiger partial charge in [0.1, 0.15) is 5.82 Å². The first-order valence-corrected chi connectivity index (χ1v) is 7.52. The lowest BCUT2D eigenvalue weighted by Crippen LogP contribution is -2.05. The number of hydrogen-bond donors (Lipinski definition) is 2. The summed E-state index contributed by atoms with van der Waals surface area (Å²) in [4.78, 5) is 15.3. The molecule has 2 heterocycles. The van der Waals surface area contributed by atoms with Crippen LogP contribution in [0.15, 0.2) is 36.7 Å². The van der Waals surface area contributed by atoms with E-state index in [0.717, 1.165) is 5.52 Å². The monoisotopic (exact) mass is 329 g/mol. The number of hydrogen-bond acceptors (Lipinski definition) is 4. The van der Waals surface area contributed by atoms with Gasteiger partial charge in [0, 0.05) is 37.4 Å². The van der Waals surface area contributed by atoms with Gasteiger partial charge in [0.15, 0.2) is 0 Å². The maximum absolute atomic E-state index is 13.6. The zero-order valence-electron chi connectivity index (χ0n) is 12.8. The van der Waals surface area contributed by atoms with Gasteiger partial charge in [-0.15, -0.1) is 0 Å². The fourth-order valence-corrected chi connectivity index (χ4v) is 2.70. The van der Waals surface area contributed by atoms with Crippen molar-refractivity contribution in [1.29, 1.82) is 0 Å². The third-order valence-corrected chi connectivity index (χ3v) is 3.81. The molecule has 0 fully saturated rings. The lowest BCUT2D eigenvalue weighted by atomic mass is 10.0. The number of carbonyl (C=O) groups is 1. The number of aromatic carboxylic acids is 1. The van der Waals surface area contributed by atoms with Crippen LogP contribution in [0.3, 0.4) is 0 Å². The Hall–Kier alpha value is -2.80. The predicted octanol–water partition coefficient (Wildman–Crippen LogP) is 2.24. The van der Waals surface area contributed by atoms with Crippen LogP contribution in [-0.2, 0) is 13.0 Å². The number of halogens is 1. The quantitative estimate of drug-likeness (QED) is 0.724. The number of carboxylic acid groups (broad SMARTS) is 1. The van der Waals surface area contributed by atoms with E-state index in [1.807, 2.05) is 0 Å². The Bertz CT molecular complexity index is 892. The number of aliphatic hydroxyl groups is 1. The first-order valence-electron chi connectivity index (χ1n) is 7.52. The average Bonchev–Trinajstić information content (AvgIpc) is 2.90. The molecule has 6 nitrogen and oxygen atoms in total. The molecule has 3 aromatic rings. The third-order valence-electron chi connectivity index (χ3n) is 3.81. The van der Waals surface area contributed by atoms with Gasteiger partial charge in [0.2, 0.25) is 0 Å². The number of rotatable bonds is 6. The van der Waals surface area contributed by atoms with Crippen molar-refractivity contribution in [3.8, 4) is 0 Å². The summed E-state index contributed by atoms with van der Waals surface area (Å²) in [5.41, 5.74) is 2.00. The molecule has 0 unspecified atom stereocenters. The molecule has 2 N–H and O–H groups in total. The van der Waals surface area contributed by atoms with Gasteiger partial charge >= 0.3 is 5.97 Å². The van der Waals surface area contributed by atoms with Crippen molar-refractivity contribution in [2.24, 2.45) is 0 Å². The van der Waals surface area contributed by atoms with Crippen molar-refractivity contribution in [1.82, 2.24) is 14.8 Å². The highest BCUT2D eigenvalue weighted by molar-refractivity contribution is 5.89.